The fourth-order valence-electron chi connectivity index (χ4n) is 11.0. The van der Waals surface area contributed by atoms with Crippen molar-refractivity contribution in [2.24, 2.45) is 28.7 Å². The first kappa shape index (κ1) is 49.3. The quantitative estimate of drug-likeness (QED) is 0.130. The van der Waals surface area contributed by atoms with Crippen molar-refractivity contribution >= 4 is 23.6 Å². The standard InChI is InChI=1S/C48H71N9O9/c1-11-38-48(8)42-31(4)39(49-20-24-56(42)46(61)66-48)29(2)27-47(7,62-10)43(32(5)40(58)33(6)44(60)64-38)65-45-41(59)37(26-30(3)63-45)54(9)23-19-35-28-55(53-51-35)22-13-12-14-34-15-17-36(18-16-34)57-25-21-50-52-57/h15-18,21,25,28-33,37-38,41-43,45,59H,11-14,19-20,22-24,26-27H2,1-10H3/t29-,30-,31+,32+,33-,37+,38-,41-,42+,43-,45+,47-,48-/m1/s1. The zero-order valence-corrected chi connectivity index (χ0v) is 40.4. The van der Waals surface area contributed by atoms with Gasteiger partial charge < -0.3 is 33.7 Å². The number of likely N-dealkylation sites (N-methyl/N-ethyl adjacent to an activating group) is 1. The maximum atomic E-state index is 14.5. The molecule has 2 bridgehead atoms. The number of nitrogens with zero attached hydrogens (tertiary/aromatic N) is 9. The first-order valence-electron chi connectivity index (χ1n) is 23.8. The fourth-order valence-corrected chi connectivity index (χ4v) is 11.0. The Bertz CT molecular complexity index is 2150. The summed E-state index contributed by atoms with van der Waals surface area (Å²) >= 11 is 0. The summed E-state index contributed by atoms with van der Waals surface area (Å²) in [7, 11) is 3.56. The van der Waals surface area contributed by atoms with Gasteiger partial charge in [0.15, 0.2) is 17.7 Å². The van der Waals surface area contributed by atoms with Crippen molar-refractivity contribution < 1.29 is 43.2 Å². The molecular formula is C48H71N9O9. The Morgan fingerprint density at radius 1 is 1.00 bits per heavy atom. The summed E-state index contributed by atoms with van der Waals surface area (Å²) in [5.41, 5.74) is 1.68. The Morgan fingerprint density at radius 2 is 1.76 bits per heavy atom. The maximum absolute atomic E-state index is 14.5. The SMILES string of the molecule is CC[C@H]1OC(=O)[C@H](C)C(=O)[C@H](C)[C@@H](O[C@@H]2O[C@H](C)C[C@H](N(C)CCc3cn(CCCCc4ccc(-n5ccnn5)cc4)nn3)[C@H]2O)[C@](C)(OC)C[C@@H](C)C2=NCCN3C(=O)O[C@@]1(C)[C@@H]3[C@H]2C. The number of aliphatic imine (C=N–C) groups is 1. The van der Waals surface area contributed by atoms with Crippen molar-refractivity contribution in [3.8, 4) is 5.69 Å². The van der Waals surface area contributed by atoms with E-state index in [-0.39, 0.29) is 24.0 Å². The van der Waals surface area contributed by atoms with Crippen LogP contribution in [0.2, 0.25) is 0 Å². The lowest BCUT2D eigenvalue weighted by molar-refractivity contribution is -0.295. The predicted octanol–water partition coefficient (Wildman–Crippen LogP) is 4.88. The Balaban J connectivity index is 1.02. The number of carbonyl (C=O) groups is 3. The van der Waals surface area contributed by atoms with Crippen molar-refractivity contribution in [2.75, 3.05) is 33.8 Å². The highest BCUT2D eigenvalue weighted by molar-refractivity contribution is 6.00. The Labute approximate surface area is 388 Å². The number of aromatic nitrogens is 6. The minimum atomic E-state index is -1.18. The van der Waals surface area contributed by atoms with Crippen LogP contribution in [-0.4, -0.2) is 156 Å². The van der Waals surface area contributed by atoms with Crippen LogP contribution in [0, 0.1) is 23.7 Å². The molecule has 3 fully saturated rings. The molecule has 7 rings (SSSR count). The molecule has 0 unspecified atom stereocenters. The average molecular weight is 918 g/mol. The summed E-state index contributed by atoms with van der Waals surface area (Å²) in [6, 6.07) is 7.55. The molecule has 0 radical (unpaired) electrons. The summed E-state index contributed by atoms with van der Waals surface area (Å²) < 4.78 is 35.5. The molecular weight excluding hydrogens is 847 g/mol. The molecule has 1 aromatic carbocycles. The number of benzene rings is 1. The number of carbonyl (C=O) groups excluding carboxylic acids is 3. The molecule has 0 saturated carbocycles. The number of unbranched alkanes of at least 4 members (excludes halogenated alkanes) is 1. The van der Waals surface area contributed by atoms with Crippen LogP contribution in [0.15, 0.2) is 47.8 Å². The van der Waals surface area contributed by atoms with E-state index in [0.717, 1.165) is 42.9 Å². The van der Waals surface area contributed by atoms with E-state index in [0.29, 0.717) is 45.3 Å². The summed E-state index contributed by atoms with van der Waals surface area (Å²) in [5, 5.41) is 28.8. The molecule has 0 aliphatic carbocycles. The number of aryl methyl sites for hydroxylation is 2. The van der Waals surface area contributed by atoms with Gasteiger partial charge in [0.2, 0.25) is 0 Å². The van der Waals surface area contributed by atoms with Crippen LogP contribution in [0.1, 0.15) is 98.8 Å². The number of hydrogen-bond donors (Lipinski definition) is 1. The minimum absolute atomic E-state index is 0.190. The van der Waals surface area contributed by atoms with Crippen LogP contribution in [0.3, 0.4) is 0 Å². The molecule has 3 aromatic rings. The maximum Gasteiger partial charge on any atom is 0.410 e. The third kappa shape index (κ3) is 10.3. The lowest BCUT2D eigenvalue weighted by Gasteiger charge is -2.47. The zero-order valence-electron chi connectivity index (χ0n) is 40.4. The van der Waals surface area contributed by atoms with Crippen LogP contribution in [0.25, 0.3) is 5.69 Å². The number of methoxy groups -OCH3 is 1. The normalized spacial score (nSPS) is 34.4. The second kappa shape index (κ2) is 20.7. The number of aliphatic hydroxyl groups is 1. The summed E-state index contributed by atoms with van der Waals surface area (Å²) in [4.78, 5) is 50.7. The topological polar surface area (TPSA) is 198 Å². The number of cyclic esters (lactones) is 1. The molecule has 0 spiro atoms. The molecule has 13 atom stereocenters. The number of fused-ring (bicyclic) bond motifs is 1. The van der Waals surface area contributed by atoms with E-state index in [2.05, 4.69) is 56.7 Å². The van der Waals surface area contributed by atoms with Gasteiger partial charge in [0, 0.05) is 63.0 Å². The van der Waals surface area contributed by atoms with E-state index in [1.807, 2.05) is 58.7 Å². The van der Waals surface area contributed by atoms with E-state index in [1.165, 1.54) is 5.56 Å². The van der Waals surface area contributed by atoms with E-state index in [9.17, 15) is 19.5 Å². The molecule has 6 heterocycles. The van der Waals surface area contributed by atoms with Crippen LogP contribution in [0.4, 0.5) is 4.79 Å². The number of ether oxygens (including phenoxy) is 5. The Morgan fingerprint density at radius 3 is 2.45 bits per heavy atom. The van der Waals surface area contributed by atoms with Crippen molar-refractivity contribution in [3.63, 3.8) is 0 Å². The van der Waals surface area contributed by atoms with Gasteiger partial charge in [-0.1, -0.05) is 50.3 Å². The Kier molecular flexibility index (Phi) is 15.5. The molecule has 2 aromatic heterocycles. The van der Waals surface area contributed by atoms with E-state index < -0.39 is 71.5 Å². The van der Waals surface area contributed by atoms with Gasteiger partial charge in [0.05, 0.1) is 54.2 Å². The molecule has 18 heteroatoms. The molecule has 4 aliphatic rings. The third-order valence-electron chi connectivity index (χ3n) is 14.8. The first-order valence-corrected chi connectivity index (χ1v) is 23.8. The Hall–Kier alpha value is -4.62. The number of ketones is 1. The number of hydrogen-bond acceptors (Lipinski definition) is 15. The molecule has 362 valence electrons. The average Bonchev–Trinajstić information content (AvgIpc) is 4.04. The lowest BCUT2D eigenvalue weighted by atomic mass is 9.73. The van der Waals surface area contributed by atoms with Gasteiger partial charge in [0.1, 0.15) is 18.1 Å². The number of rotatable bonds is 14. The number of aliphatic hydroxyl groups excluding tert-OH is 1. The summed E-state index contributed by atoms with van der Waals surface area (Å²) in [6.07, 6.45) is 5.60. The van der Waals surface area contributed by atoms with Gasteiger partial charge in [-0.15, -0.1) is 10.2 Å². The highest BCUT2D eigenvalue weighted by Gasteiger charge is 2.60. The second-order valence-corrected chi connectivity index (χ2v) is 19.5. The zero-order chi connectivity index (χ0) is 47.5. The summed E-state index contributed by atoms with van der Waals surface area (Å²) in [5.74, 6) is -3.63. The van der Waals surface area contributed by atoms with Gasteiger partial charge in [-0.25, -0.2) is 9.48 Å². The van der Waals surface area contributed by atoms with Crippen molar-refractivity contribution in [3.05, 3.63) is 54.1 Å². The second-order valence-electron chi connectivity index (χ2n) is 19.5. The third-order valence-corrected chi connectivity index (χ3v) is 14.8. The van der Waals surface area contributed by atoms with Gasteiger partial charge in [-0.05, 0) is 96.9 Å². The van der Waals surface area contributed by atoms with Crippen molar-refractivity contribution in [2.45, 2.75) is 161 Å². The van der Waals surface area contributed by atoms with Crippen LogP contribution in [0.5, 0.6) is 0 Å². The molecule has 1 amide bonds. The summed E-state index contributed by atoms with van der Waals surface area (Å²) in [6.45, 7) is 17.1. The number of Topliss-reactive ketones (excluding diaryl/α,β-unsaturated/α-hetero) is 1. The van der Waals surface area contributed by atoms with Gasteiger partial charge in [-0.3, -0.25) is 24.2 Å². The lowest BCUT2D eigenvalue weighted by Crippen LogP contribution is -2.60. The molecule has 3 saturated heterocycles. The number of esters is 1. The van der Waals surface area contributed by atoms with Crippen LogP contribution < -0.4 is 0 Å². The van der Waals surface area contributed by atoms with Gasteiger partial charge in [0.25, 0.3) is 0 Å². The smallest absolute Gasteiger partial charge is 0.410 e. The largest absolute Gasteiger partial charge is 0.458 e. The molecule has 18 nitrogen and oxygen atoms in total. The molecule has 66 heavy (non-hydrogen) atoms. The van der Waals surface area contributed by atoms with Crippen LogP contribution in [-0.2, 0) is 52.7 Å². The van der Waals surface area contributed by atoms with Crippen LogP contribution >= 0.6 is 0 Å². The van der Waals surface area contributed by atoms with Gasteiger partial charge >= 0.3 is 12.1 Å². The highest BCUT2D eigenvalue weighted by atomic mass is 16.7. The van der Waals surface area contributed by atoms with E-state index >= 15 is 0 Å². The van der Waals surface area contributed by atoms with Gasteiger partial charge in [-0.2, -0.15) is 0 Å². The minimum Gasteiger partial charge on any atom is -0.458 e. The van der Waals surface area contributed by atoms with Crippen molar-refractivity contribution in [1.82, 2.24) is 39.8 Å². The molecule has 1 N–H and O–H groups in total. The first-order chi connectivity index (χ1) is 31.5. The number of amides is 1. The monoisotopic (exact) mass is 918 g/mol. The predicted molar refractivity (Wildman–Crippen MR) is 244 cm³/mol. The highest BCUT2D eigenvalue weighted by Crippen LogP contribution is 2.44. The van der Waals surface area contributed by atoms with E-state index in [4.69, 9.17) is 28.7 Å². The van der Waals surface area contributed by atoms with E-state index in [1.54, 1.807) is 36.7 Å². The molecule has 4 aliphatic heterocycles. The van der Waals surface area contributed by atoms with Crippen molar-refractivity contribution in [1.29, 1.82) is 0 Å². The fraction of sp³-hybridized carbons (Fsp3) is 0.708.